The maximum absolute atomic E-state index is 12.8. The second-order valence-corrected chi connectivity index (χ2v) is 9.07. The van der Waals surface area contributed by atoms with Gasteiger partial charge in [0.15, 0.2) is 5.65 Å². The van der Waals surface area contributed by atoms with Crippen molar-refractivity contribution in [3.63, 3.8) is 0 Å². The molecule has 0 saturated carbocycles. The number of aromatic nitrogens is 3. The van der Waals surface area contributed by atoms with Gasteiger partial charge in [0.2, 0.25) is 0 Å². The first-order chi connectivity index (χ1) is 17.4. The van der Waals surface area contributed by atoms with Crippen molar-refractivity contribution in [3.05, 3.63) is 93.5 Å². The Morgan fingerprint density at radius 2 is 1.83 bits per heavy atom. The molecule has 2 aromatic carbocycles. The molecule has 36 heavy (non-hydrogen) atoms. The summed E-state index contributed by atoms with van der Waals surface area (Å²) >= 11 is 12.6. The fourth-order valence-corrected chi connectivity index (χ4v) is 4.41. The summed E-state index contributed by atoms with van der Waals surface area (Å²) in [6.07, 6.45) is 3.45. The number of carbonyl (C=O) groups excluding carboxylic acids is 1. The van der Waals surface area contributed by atoms with Crippen LogP contribution in [0.3, 0.4) is 0 Å². The van der Waals surface area contributed by atoms with Crippen LogP contribution >= 0.6 is 23.2 Å². The molecule has 1 aliphatic rings. The van der Waals surface area contributed by atoms with Crippen molar-refractivity contribution in [1.82, 2.24) is 30.7 Å². The summed E-state index contributed by atoms with van der Waals surface area (Å²) < 4.78 is 6.97. The number of rotatable bonds is 7. The summed E-state index contributed by atoms with van der Waals surface area (Å²) in [7, 11) is 1.65. The van der Waals surface area contributed by atoms with E-state index in [9.17, 15) is 4.79 Å². The number of hydrogen-bond acceptors (Lipinski definition) is 7. The second-order valence-electron chi connectivity index (χ2n) is 8.26. The molecule has 0 saturated heterocycles. The highest BCUT2D eigenvalue weighted by Crippen LogP contribution is 2.29. The van der Waals surface area contributed by atoms with Crippen LogP contribution in [0.4, 0.5) is 5.69 Å². The maximum Gasteiger partial charge on any atom is 0.258 e. The van der Waals surface area contributed by atoms with Crippen LogP contribution in [-0.4, -0.2) is 32.8 Å². The minimum absolute atomic E-state index is 0.271. The SMILES string of the molecule is COc1ccc(CN2C=C(Cn3nc(C)c4c(Cl)c(C(=O)Nc5ccc(Cl)cc5)cnc43)NN2)cc1. The normalized spacial score (nSPS) is 13.0. The number of fused-ring (bicyclic) bond motifs is 1. The molecule has 11 heteroatoms. The van der Waals surface area contributed by atoms with Crippen LogP contribution in [0.25, 0.3) is 11.0 Å². The van der Waals surface area contributed by atoms with Crippen LogP contribution in [0.2, 0.25) is 10.0 Å². The summed E-state index contributed by atoms with van der Waals surface area (Å²) in [4.78, 5) is 17.4. The van der Waals surface area contributed by atoms with Crippen molar-refractivity contribution in [2.24, 2.45) is 0 Å². The number of halogens is 2. The molecule has 0 fully saturated rings. The molecule has 1 aliphatic heterocycles. The van der Waals surface area contributed by atoms with Crippen molar-refractivity contribution in [3.8, 4) is 5.75 Å². The minimum Gasteiger partial charge on any atom is -0.497 e. The van der Waals surface area contributed by atoms with E-state index >= 15 is 0 Å². The highest BCUT2D eigenvalue weighted by molar-refractivity contribution is 6.39. The third-order valence-electron chi connectivity index (χ3n) is 5.72. The van der Waals surface area contributed by atoms with Gasteiger partial charge in [0.1, 0.15) is 5.75 Å². The molecule has 3 heterocycles. The first kappa shape index (κ1) is 23.9. The number of anilines is 1. The van der Waals surface area contributed by atoms with Gasteiger partial charge >= 0.3 is 0 Å². The van der Waals surface area contributed by atoms with Gasteiger partial charge in [-0.25, -0.2) is 9.67 Å². The van der Waals surface area contributed by atoms with Gasteiger partial charge in [0, 0.05) is 23.1 Å². The number of aryl methyl sites for hydroxylation is 1. The van der Waals surface area contributed by atoms with Gasteiger partial charge in [0.25, 0.3) is 5.91 Å². The molecule has 4 aromatic rings. The van der Waals surface area contributed by atoms with Gasteiger partial charge in [-0.3, -0.25) is 9.80 Å². The van der Waals surface area contributed by atoms with E-state index in [2.05, 4.69) is 26.4 Å². The number of ether oxygens (including phenoxy) is 1. The lowest BCUT2D eigenvalue weighted by Crippen LogP contribution is -2.36. The number of nitrogens with zero attached hydrogens (tertiary/aromatic N) is 4. The number of methoxy groups -OCH3 is 1. The molecule has 0 spiro atoms. The molecule has 3 N–H and O–H groups in total. The Kier molecular flexibility index (Phi) is 6.69. The fraction of sp³-hybridized carbons (Fsp3) is 0.160. The third-order valence-corrected chi connectivity index (χ3v) is 6.37. The quantitative estimate of drug-likeness (QED) is 0.323. The van der Waals surface area contributed by atoms with Crippen molar-refractivity contribution in [2.75, 3.05) is 12.4 Å². The zero-order valence-electron chi connectivity index (χ0n) is 19.5. The van der Waals surface area contributed by atoms with Crippen molar-refractivity contribution < 1.29 is 9.53 Å². The molecule has 0 radical (unpaired) electrons. The Morgan fingerprint density at radius 3 is 2.56 bits per heavy atom. The maximum atomic E-state index is 12.8. The van der Waals surface area contributed by atoms with Gasteiger partial charge in [-0.05, 0) is 48.9 Å². The molecule has 9 nitrogen and oxygen atoms in total. The number of carbonyl (C=O) groups is 1. The Bertz CT molecular complexity index is 1450. The van der Waals surface area contributed by atoms with Gasteiger partial charge in [-0.1, -0.05) is 35.3 Å². The van der Waals surface area contributed by atoms with E-state index < -0.39 is 0 Å². The number of amides is 1. The predicted octanol–water partition coefficient (Wildman–Crippen LogP) is 4.67. The molecular weight excluding hydrogens is 501 g/mol. The number of hydrogen-bond donors (Lipinski definition) is 3. The molecule has 0 bridgehead atoms. The summed E-state index contributed by atoms with van der Waals surface area (Å²) in [5.74, 6) is 0.461. The third kappa shape index (κ3) is 4.94. The first-order valence-electron chi connectivity index (χ1n) is 11.1. The Labute approximate surface area is 217 Å². The minimum atomic E-state index is -0.359. The topological polar surface area (TPSA) is 96.3 Å². The molecular formula is C25H23Cl2N7O2. The second kappa shape index (κ2) is 10.1. The van der Waals surface area contributed by atoms with Gasteiger partial charge in [0.05, 0.1) is 47.6 Å². The summed E-state index contributed by atoms with van der Waals surface area (Å²) in [6, 6.07) is 14.7. The lowest BCUT2D eigenvalue weighted by Gasteiger charge is -2.15. The highest BCUT2D eigenvalue weighted by Gasteiger charge is 2.21. The number of allylic oxidation sites excluding steroid dienone is 1. The monoisotopic (exact) mass is 523 g/mol. The molecule has 1 amide bonds. The molecule has 0 atom stereocenters. The summed E-state index contributed by atoms with van der Waals surface area (Å²) in [5, 5.41) is 10.9. The fourth-order valence-electron chi connectivity index (χ4n) is 3.93. The molecule has 184 valence electrons. The standard InChI is InChI=1S/C25H23Cl2N7O2/c1-15-22-23(27)21(25(35)29-18-7-5-17(26)6-8-18)11-28-24(22)34(31-15)14-19-13-33(32-30-19)12-16-3-9-20(36-2)10-4-16/h3-11,13,30,32H,12,14H2,1-2H3,(H,29,35). The lowest BCUT2D eigenvalue weighted by molar-refractivity contribution is 0.102. The molecule has 0 unspecified atom stereocenters. The predicted molar refractivity (Wildman–Crippen MR) is 140 cm³/mol. The number of benzene rings is 2. The largest absolute Gasteiger partial charge is 0.497 e. The van der Waals surface area contributed by atoms with E-state index in [4.69, 9.17) is 27.9 Å². The highest BCUT2D eigenvalue weighted by atomic mass is 35.5. The van der Waals surface area contributed by atoms with E-state index in [1.165, 1.54) is 6.20 Å². The van der Waals surface area contributed by atoms with Gasteiger partial charge < -0.3 is 15.5 Å². The van der Waals surface area contributed by atoms with Crippen molar-refractivity contribution in [1.29, 1.82) is 0 Å². The zero-order valence-corrected chi connectivity index (χ0v) is 21.1. The van der Waals surface area contributed by atoms with Crippen LogP contribution in [0.1, 0.15) is 21.6 Å². The smallest absolute Gasteiger partial charge is 0.258 e. The Morgan fingerprint density at radius 1 is 1.08 bits per heavy atom. The van der Waals surface area contributed by atoms with Crippen LogP contribution in [0, 0.1) is 6.92 Å². The number of hydrazine groups is 2. The average Bonchev–Trinajstić information content (AvgIpc) is 3.45. The Balaban J connectivity index is 1.32. The van der Waals surface area contributed by atoms with E-state index in [1.54, 1.807) is 36.1 Å². The number of nitrogens with one attached hydrogen (secondary N) is 3. The zero-order chi connectivity index (χ0) is 25.2. The van der Waals surface area contributed by atoms with E-state index in [0.717, 1.165) is 17.0 Å². The molecule has 5 rings (SSSR count). The van der Waals surface area contributed by atoms with Gasteiger partial charge in [-0.2, -0.15) is 5.10 Å². The molecule has 2 aromatic heterocycles. The average molecular weight is 524 g/mol. The Hall–Kier alpha value is -3.79. The summed E-state index contributed by atoms with van der Waals surface area (Å²) in [5.41, 5.74) is 10.5. The van der Waals surface area contributed by atoms with Gasteiger partial charge in [-0.15, -0.1) is 5.53 Å². The van der Waals surface area contributed by atoms with E-state index in [0.29, 0.717) is 45.5 Å². The van der Waals surface area contributed by atoms with Crippen molar-refractivity contribution in [2.45, 2.75) is 20.0 Å². The molecule has 0 aliphatic carbocycles. The first-order valence-corrected chi connectivity index (χ1v) is 11.9. The lowest BCUT2D eigenvalue weighted by atomic mass is 10.2. The van der Waals surface area contributed by atoms with Crippen molar-refractivity contribution >= 4 is 45.8 Å². The van der Waals surface area contributed by atoms with Crippen LogP contribution in [0.5, 0.6) is 5.75 Å². The summed E-state index contributed by atoms with van der Waals surface area (Å²) in [6.45, 7) is 2.95. The number of pyridine rings is 1. The van der Waals surface area contributed by atoms with Crippen LogP contribution in [0.15, 0.2) is 66.6 Å². The van der Waals surface area contributed by atoms with E-state index in [1.807, 2.05) is 42.4 Å². The van der Waals surface area contributed by atoms with E-state index in [-0.39, 0.29) is 11.5 Å². The van der Waals surface area contributed by atoms with Crippen LogP contribution in [-0.2, 0) is 13.1 Å². The van der Waals surface area contributed by atoms with Crippen LogP contribution < -0.4 is 21.0 Å².